The smallest absolute Gasteiger partial charge is 0.338 e. The summed E-state index contributed by atoms with van der Waals surface area (Å²) in [5, 5.41) is 13.6. The minimum atomic E-state index is -1.06. The molecule has 98 valence electrons. The van der Waals surface area contributed by atoms with Gasteiger partial charge in [0.1, 0.15) is 5.00 Å². The van der Waals surface area contributed by atoms with Crippen LogP contribution in [0.3, 0.4) is 0 Å². The lowest BCUT2D eigenvalue weighted by Crippen LogP contribution is -2.13. The number of halogens is 1. The molecule has 4 nitrogen and oxygen atoms in total. The van der Waals surface area contributed by atoms with Crippen LogP contribution in [0.15, 0.2) is 34.1 Å². The molecule has 1 amide bonds. The van der Waals surface area contributed by atoms with Gasteiger partial charge in [-0.3, -0.25) is 4.79 Å². The molecule has 0 radical (unpaired) electrons. The van der Waals surface area contributed by atoms with Crippen LogP contribution >= 0.6 is 27.3 Å². The normalized spacial score (nSPS) is 10.2. The highest BCUT2D eigenvalue weighted by atomic mass is 79.9. The molecule has 0 aliphatic carbocycles. The summed E-state index contributed by atoms with van der Waals surface area (Å²) >= 11 is 4.51. The van der Waals surface area contributed by atoms with Gasteiger partial charge < -0.3 is 10.4 Å². The molecule has 2 aromatic rings. The summed E-state index contributed by atoms with van der Waals surface area (Å²) in [6.45, 7) is 1.92. The largest absolute Gasteiger partial charge is 0.478 e. The van der Waals surface area contributed by atoms with Crippen molar-refractivity contribution in [3.63, 3.8) is 0 Å². The molecule has 0 bridgehead atoms. The first kappa shape index (κ1) is 13.8. The molecule has 0 saturated carbocycles. The van der Waals surface area contributed by atoms with Crippen LogP contribution in [0.25, 0.3) is 0 Å². The van der Waals surface area contributed by atoms with Crippen molar-refractivity contribution in [3.8, 4) is 0 Å². The van der Waals surface area contributed by atoms with Gasteiger partial charge in [0, 0.05) is 4.47 Å². The topological polar surface area (TPSA) is 66.4 Å². The summed E-state index contributed by atoms with van der Waals surface area (Å²) < 4.78 is 0.679. The number of carbonyl (C=O) groups excluding carboxylic acids is 1. The number of amides is 1. The van der Waals surface area contributed by atoms with Gasteiger partial charge in [-0.25, -0.2) is 4.79 Å². The van der Waals surface area contributed by atoms with Crippen molar-refractivity contribution < 1.29 is 14.7 Å². The molecule has 0 saturated heterocycles. The van der Waals surface area contributed by atoms with Crippen molar-refractivity contribution in [2.24, 2.45) is 0 Å². The summed E-state index contributed by atoms with van der Waals surface area (Å²) in [6.07, 6.45) is 0. The zero-order valence-corrected chi connectivity index (χ0v) is 12.3. The van der Waals surface area contributed by atoms with E-state index < -0.39 is 5.97 Å². The van der Waals surface area contributed by atoms with Crippen LogP contribution in [0.4, 0.5) is 5.00 Å². The van der Waals surface area contributed by atoms with E-state index in [9.17, 15) is 9.59 Å². The van der Waals surface area contributed by atoms with Gasteiger partial charge in [0.15, 0.2) is 0 Å². The Morgan fingerprint density at radius 1 is 1.26 bits per heavy atom. The predicted octanol–water partition coefficient (Wildman–Crippen LogP) is 3.77. The zero-order valence-electron chi connectivity index (χ0n) is 9.94. The molecule has 0 unspecified atom stereocenters. The number of nitrogens with one attached hydrogen (secondary N) is 1. The van der Waals surface area contributed by atoms with Gasteiger partial charge in [0.25, 0.3) is 5.91 Å². The van der Waals surface area contributed by atoms with E-state index in [4.69, 9.17) is 5.11 Å². The minimum Gasteiger partial charge on any atom is -0.478 e. The second-order valence-corrected chi connectivity index (χ2v) is 5.68. The van der Waals surface area contributed by atoms with Crippen molar-refractivity contribution in [2.45, 2.75) is 6.92 Å². The number of benzene rings is 1. The maximum Gasteiger partial charge on any atom is 0.338 e. The van der Waals surface area contributed by atoms with E-state index in [1.165, 1.54) is 17.4 Å². The summed E-state index contributed by atoms with van der Waals surface area (Å²) in [5.74, 6) is -1.39. The van der Waals surface area contributed by atoms with Gasteiger partial charge in [-0.2, -0.15) is 0 Å². The van der Waals surface area contributed by atoms with Gasteiger partial charge in [-0.05, 0) is 52.0 Å². The molecular formula is C13H10BrNO3S. The third kappa shape index (κ3) is 3.02. The minimum absolute atomic E-state index is 0.0987. The Hall–Kier alpha value is -1.66. The SMILES string of the molecule is Cc1ccc(C(=O)Nc2sccc2C(=O)O)c(Br)c1. The van der Waals surface area contributed by atoms with E-state index in [1.807, 2.05) is 19.1 Å². The van der Waals surface area contributed by atoms with Crippen molar-refractivity contribution in [1.82, 2.24) is 0 Å². The molecular weight excluding hydrogens is 330 g/mol. The van der Waals surface area contributed by atoms with E-state index in [-0.39, 0.29) is 11.5 Å². The van der Waals surface area contributed by atoms with Crippen molar-refractivity contribution >= 4 is 44.1 Å². The Balaban J connectivity index is 2.26. The number of aromatic carboxylic acids is 1. The van der Waals surface area contributed by atoms with Gasteiger partial charge in [0.2, 0.25) is 0 Å². The second kappa shape index (κ2) is 5.54. The van der Waals surface area contributed by atoms with Gasteiger partial charge >= 0.3 is 5.97 Å². The quantitative estimate of drug-likeness (QED) is 0.894. The molecule has 6 heteroatoms. The van der Waals surface area contributed by atoms with Gasteiger partial charge in [-0.1, -0.05) is 6.07 Å². The maximum atomic E-state index is 12.1. The highest BCUT2D eigenvalue weighted by Crippen LogP contribution is 2.25. The van der Waals surface area contributed by atoms with E-state index >= 15 is 0 Å². The number of hydrogen-bond acceptors (Lipinski definition) is 3. The van der Waals surface area contributed by atoms with Crippen molar-refractivity contribution in [2.75, 3.05) is 5.32 Å². The lowest BCUT2D eigenvalue weighted by atomic mass is 10.1. The molecule has 1 aromatic heterocycles. The van der Waals surface area contributed by atoms with Gasteiger partial charge in [0.05, 0.1) is 11.1 Å². The highest BCUT2D eigenvalue weighted by Gasteiger charge is 2.16. The summed E-state index contributed by atoms with van der Waals surface area (Å²) in [7, 11) is 0. The van der Waals surface area contributed by atoms with Crippen molar-refractivity contribution in [3.05, 3.63) is 50.8 Å². The van der Waals surface area contributed by atoms with Crippen molar-refractivity contribution in [1.29, 1.82) is 0 Å². The molecule has 0 fully saturated rings. The number of carboxylic acid groups (broad SMARTS) is 1. The van der Waals surface area contributed by atoms with E-state index in [1.54, 1.807) is 11.4 Å². The molecule has 0 aliphatic heterocycles. The Labute approximate surface area is 122 Å². The fraction of sp³-hybridized carbons (Fsp3) is 0.0769. The molecule has 19 heavy (non-hydrogen) atoms. The molecule has 0 aliphatic rings. The first-order valence-corrected chi connectivity index (χ1v) is 7.04. The van der Waals surface area contributed by atoms with E-state index in [0.717, 1.165) is 5.56 Å². The maximum absolute atomic E-state index is 12.1. The molecule has 0 atom stereocenters. The van der Waals surface area contributed by atoms with Crippen LogP contribution in [-0.2, 0) is 0 Å². The lowest BCUT2D eigenvalue weighted by Gasteiger charge is -2.06. The monoisotopic (exact) mass is 339 g/mol. The van der Waals surface area contributed by atoms with Crippen LogP contribution in [0, 0.1) is 6.92 Å². The Bertz CT molecular complexity index is 651. The predicted molar refractivity (Wildman–Crippen MR) is 78.1 cm³/mol. The van der Waals surface area contributed by atoms with Crippen LogP contribution in [0.5, 0.6) is 0 Å². The number of anilines is 1. The Morgan fingerprint density at radius 3 is 2.63 bits per heavy atom. The third-order valence-electron chi connectivity index (χ3n) is 2.49. The summed E-state index contributed by atoms with van der Waals surface area (Å²) in [6, 6.07) is 6.82. The number of carboxylic acids is 1. The lowest BCUT2D eigenvalue weighted by molar-refractivity contribution is 0.0698. The number of carbonyl (C=O) groups is 2. The Morgan fingerprint density at radius 2 is 2.00 bits per heavy atom. The van der Waals surface area contributed by atoms with Crippen LogP contribution in [0.1, 0.15) is 26.3 Å². The Kier molecular flexibility index (Phi) is 4.01. The third-order valence-corrected chi connectivity index (χ3v) is 3.98. The molecule has 0 spiro atoms. The van der Waals surface area contributed by atoms with Crippen LogP contribution < -0.4 is 5.32 Å². The summed E-state index contributed by atoms with van der Waals surface area (Å²) in [5.41, 5.74) is 1.60. The first-order chi connectivity index (χ1) is 8.99. The fourth-order valence-electron chi connectivity index (χ4n) is 1.55. The molecule has 2 rings (SSSR count). The van der Waals surface area contributed by atoms with Crippen LogP contribution in [-0.4, -0.2) is 17.0 Å². The molecule has 2 N–H and O–H groups in total. The van der Waals surface area contributed by atoms with Gasteiger partial charge in [-0.15, -0.1) is 11.3 Å². The number of thiophene rings is 1. The van der Waals surface area contributed by atoms with E-state index in [0.29, 0.717) is 15.0 Å². The second-order valence-electron chi connectivity index (χ2n) is 3.91. The summed E-state index contributed by atoms with van der Waals surface area (Å²) in [4.78, 5) is 23.1. The average molecular weight is 340 g/mol. The van der Waals surface area contributed by atoms with Crippen LogP contribution in [0.2, 0.25) is 0 Å². The van der Waals surface area contributed by atoms with E-state index in [2.05, 4.69) is 21.2 Å². The average Bonchev–Trinajstić information content (AvgIpc) is 2.76. The standard InChI is InChI=1S/C13H10BrNO3S/c1-7-2-3-8(10(14)6-7)11(16)15-12-9(13(17)18)4-5-19-12/h2-6H,1H3,(H,15,16)(H,17,18). The fourth-order valence-corrected chi connectivity index (χ4v) is 3.00. The number of rotatable bonds is 3. The zero-order chi connectivity index (χ0) is 14.0. The number of aryl methyl sites for hydroxylation is 1. The molecule has 1 aromatic carbocycles. The highest BCUT2D eigenvalue weighted by molar-refractivity contribution is 9.10. The number of hydrogen-bond donors (Lipinski definition) is 2. The molecule has 1 heterocycles. The first-order valence-electron chi connectivity index (χ1n) is 5.37.